The lowest BCUT2D eigenvalue weighted by Crippen LogP contribution is -2.09. The van der Waals surface area contributed by atoms with E-state index in [-0.39, 0.29) is 17.7 Å². The van der Waals surface area contributed by atoms with E-state index in [1.807, 2.05) is 0 Å². The third-order valence-electron chi connectivity index (χ3n) is 4.00. The van der Waals surface area contributed by atoms with Gasteiger partial charge in [-0.05, 0) is 49.9 Å². The van der Waals surface area contributed by atoms with E-state index in [9.17, 15) is 9.18 Å². The Balaban J connectivity index is 1.82. The Kier molecular flexibility index (Phi) is 3.45. The van der Waals surface area contributed by atoms with Gasteiger partial charge in [-0.2, -0.15) is 4.98 Å². The predicted molar refractivity (Wildman–Crippen MR) is 72.1 cm³/mol. The summed E-state index contributed by atoms with van der Waals surface area (Å²) in [6.45, 7) is 1.78. The summed E-state index contributed by atoms with van der Waals surface area (Å²) < 4.78 is 18.4. The normalized spacial score (nSPS) is 21.6. The number of aromatic nitrogens is 2. The van der Waals surface area contributed by atoms with E-state index in [1.54, 1.807) is 13.0 Å². The molecule has 0 amide bonds. The molecule has 1 heterocycles. The molecule has 0 saturated heterocycles. The zero-order valence-corrected chi connectivity index (χ0v) is 11.5. The number of carbonyl (C=O) groups is 1. The predicted octanol–water partition coefficient (Wildman–Crippen LogP) is 3.15. The van der Waals surface area contributed by atoms with Crippen LogP contribution in [0.2, 0.25) is 0 Å². The van der Waals surface area contributed by atoms with Gasteiger partial charge in [0.1, 0.15) is 5.82 Å². The van der Waals surface area contributed by atoms with E-state index in [1.165, 1.54) is 12.1 Å². The summed E-state index contributed by atoms with van der Waals surface area (Å²) in [4.78, 5) is 15.3. The number of aryl methyl sites for hydroxylation is 1. The van der Waals surface area contributed by atoms with E-state index in [2.05, 4.69) is 10.1 Å². The fourth-order valence-corrected chi connectivity index (χ4v) is 2.82. The summed E-state index contributed by atoms with van der Waals surface area (Å²) in [6.07, 6.45) is 1.90. The Hall–Kier alpha value is -2.24. The second kappa shape index (κ2) is 5.27. The van der Waals surface area contributed by atoms with Gasteiger partial charge in [0, 0.05) is 11.5 Å². The molecule has 3 rings (SSSR count). The number of carboxylic acid groups (broad SMARTS) is 1. The van der Waals surface area contributed by atoms with E-state index in [4.69, 9.17) is 9.63 Å². The number of hydrogen-bond donors (Lipinski definition) is 1. The van der Waals surface area contributed by atoms with Crippen molar-refractivity contribution in [2.24, 2.45) is 5.92 Å². The highest BCUT2D eigenvalue weighted by atomic mass is 19.1. The van der Waals surface area contributed by atoms with Gasteiger partial charge in [-0.15, -0.1) is 0 Å². The third kappa shape index (κ3) is 2.66. The highest BCUT2D eigenvalue weighted by Crippen LogP contribution is 2.38. The molecule has 6 heteroatoms. The van der Waals surface area contributed by atoms with Gasteiger partial charge >= 0.3 is 5.97 Å². The van der Waals surface area contributed by atoms with Gasteiger partial charge in [-0.1, -0.05) is 5.16 Å². The molecule has 2 unspecified atom stereocenters. The van der Waals surface area contributed by atoms with Crippen LogP contribution in [-0.4, -0.2) is 21.2 Å². The molecule has 1 aromatic carbocycles. The standard InChI is InChI=1S/C15H15FN2O3/c1-8-6-11(16)4-5-12(8)13-17-14(21-18-13)9-2-3-10(7-9)15(19)20/h4-6,9-10H,2-3,7H2,1H3,(H,19,20). The van der Waals surface area contributed by atoms with E-state index in [0.29, 0.717) is 24.6 Å². The minimum Gasteiger partial charge on any atom is -0.481 e. The van der Waals surface area contributed by atoms with Crippen molar-refractivity contribution >= 4 is 5.97 Å². The molecule has 1 fully saturated rings. The van der Waals surface area contributed by atoms with Crippen LogP contribution >= 0.6 is 0 Å². The number of nitrogens with zero attached hydrogens (tertiary/aromatic N) is 2. The summed E-state index contributed by atoms with van der Waals surface area (Å²) in [7, 11) is 0. The van der Waals surface area contributed by atoms with Crippen LogP contribution in [0.25, 0.3) is 11.4 Å². The summed E-state index contributed by atoms with van der Waals surface area (Å²) in [5, 5.41) is 13.0. The molecule has 1 aromatic heterocycles. The van der Waals surface area contributed by atoms with Crippen LogP contribution in [0.15, 0.2) is 22.7 Å². The smallest absolute Gasteiger partial charge is 0.306 e. The van der Waals surface area contributed by atoms with Gasteiger partial charge in [0.25, 0.3) is 0 Å². The van der Waals surface area contributed by atoms with Crippen LogP contribution in [-0.2, 0) is 4.79 Å². The maximum atomic E-state index is 13.1. The van der Waals surface area contributed by atoms with Crippen molar-refractivity contribution in [2.45, 2.75) is 32.1 Å². The number of carboxylic acids is 1. The average Bonchev–Trinajstić information content (AvgIpc) is 3.07. The maximum absolute atomic E-state index is 13.1. The Bertz CT molecular complexity index is 683. The highest BCUT2D eigenvalue weighted by Gasteiger charge is 2.33. The first-order valence-electron chi connectivity index (χ1n) is 6.87. The van der Waals surface area contributed by atoms with Gasteiger partial charge in [-0.3, -0.25) is 4.79 Å². The van der Waals surface area contributed by atoms with Crippen molar-refractivity contribution in [3.8, 4) is 11.4 Å². The van der Waals surface area contributed by atoms with Gasteiger partial charge in [0.05, 0.1) is 5.92 Å². The molecule has 1 saturated carbocycles. The first kappa shape index (κ1) is 13.7. The van der Waals surface area contributed by atoms with Crippen molar-refractivity contribution < 1.29 is 18.8 Å². The summed E-state index contributed by atoms with van der Waals surface area (Å²) in [6, 6.07) is 4.39. The molecule has 1 aliphatic carbocycles. The molecular weight excluding hydrogens is 275 g/mol. The van der Waals surface area contributed by atoms with Crippen molar-refractivity contribution in [2.75, 3.05) is 0 Å². The number of aliphatic carboxylic acids is 1. The molecule has 1 aliphatic rings. The molecular formula is C15H15FN2O3. The van der Waals surface area contributed by atoms with Crippen LogP contribution in [0.1, 0.15) is 36.6 Å². The van der Waals surface area contributed by atoms with E-state index < -0.39 is 5.97 Å². The Morgan fingerprint density at radius 2 is 2.24 bits per heavy atom. The van der Waals surface area contributed by atoms with Crippen LogP contribution in [0.5, 0.6) is 0 Å². The lowest BCUT2D eigenvalue weighted by molar-refractivity contribution is -0.141. The molecule has 110 valence electrons. The molecule has 5 nitrogen and oxygen atoms in total. The average molecular weight is 290 g/mol. The van der Waals surface area contributed by atoms with Crippen molar-refractivity contribution in [1.82, 2.24) is 10.1 Å². The van der Waals surface area contributed by atoms with Crippen LogP contribution in [0, 0.1) is 18.7 Å². The van der Waals surface area contributed by atoms with Crippen molar-refractivity contribution in [3.63, 3.8) is 0 Å². The molecule has 2 aromatic rings. The first-order valence-corrected chi connectivity index (χ1v) is 6.87. The Morgan fingerprint density at radius 1 is 1.43 bits per heavy atom. The molecule has 0 spiro atoms. The molecule has 21 heavy (non-hydrogen) atoms. The number of hydrogen-bond acceptors (Lipinski definition) is 4. The van der Waals surface area contributed by atoms with E-state index in [0.717, 1.165) is 17.5 Å². The first-order chi connectivity index (χ1) is 10.0. The lowest BCUT2D eigenvalue weighted by atomic mass is 10.1. The fraction of sp³-hybridized carbons (Fsp3) is 0.400. The summed E-state index contributed by atoms with van der Waals surface area (Å²) in [5.74, 6) is -0.531. The van der Waals surface area contributed by atoms with Gasteiger partial charge in [0.15, 0.2) is 0 Å². The number of rotatable bonds is 3. The zero-order valence-electron chi connectivity index (χ0n) is 11.5. The maximum Gasteiger partial charge on any atom is 0.306 e. The summed E-state index contributed by atoms with van der Waals surface area (Å²) >= 11 is 0. The largest absolute Gasteiger partial charge is 0.481 e. The number of benzene rings is 1. The topological polar surface area (TPSA) is 76.2 Å². The zero-order chi connectivity index (χ0) is 15.0. The number of halogens is 1. The molecule has 0 aliphatic heterocycles. The van der Waals surface area contributed by atoms with Crippen LogP contribution in [0.4, 0.5) is 4.39 Å². The quantitative estimate of drug-likeness (QED) is 0.939. The fourth-order valence-electron chi connectivity index (χ4n) is 2.82. The SMILES string of the molecule is Cc1cc(F)ccc1-c1noc(C2CCC(C(=O)O)C2)n1. The third-order valence-corrected chi connectivity index (χ3v) is 4.00. The monoisotopic (exact) mass is 290 g/mol. The minimum atomic E-state index is -0.772. The minimum absolute atomic E-state index is 0.00638. The van der Waals surface area contributed by atoms with Crippen LogP contribution in [0.3, 0.4) is 0 Å². The highest BCUT2D eigenvalue weighted by molar-refractivity contribution is 5.70. The Morgan fingerprint density at radius 3 is 2.90 bits per heavy atom. The molecule has 0 bridgehead atoms. The molecule has 2 atom stereocenters. The summed E-state index contributed by atoms with van der Waals surface area (Å²) in [5.41, 5.74) is 1.45. The Labute approximate surface area is 120 Å². The van der Waals surface area contributed by atoms with Crippen molar-refractivity contribution in [3.05, 3.63) is 35.5 Å². The van der Waals surface area contributed by atoms with Crippen molar-refractivity contribution in [1.29, 1.82) is 0 Å². The van der Waals surface area contributed by atoms with Gasteiger partial charge in [-0.25, -0.2) is 4.39 Å². The second-order valence-electron chi connectivity index (χ2n) is 5.46. The van der Waals surface area contributed by atoms with Gasteiger partial charge in [0.2, 0.25) is 11.7 Å². The molecule has 1 N–H and O–H groups in total. The molecule has 0 radical (unpaired) electrons. The van der Waals surface area contributed by atoms with E-state index >= 15 is 0 Å². The van der Waals surface area contributed by atoms with Gasteiger partial charge < -0.3 is 9.63 Å². The second-order valence-corrected chi connectivity index (χ2v) is 5.46. The lowest BCUT2D eigenvalue weighted by Gasteiger charge is -2.03. The van der Waals surface area contributed by atoms with Crippen LogP contribution < -0.4 is 0 Å².